The average molecular weight is 411 g/mol. The van der Waals surface area contributed by atoms with Crippen molar-refractivity contribution >= 4 is 5.88 Å². The van der Waals surface area contributed by atoms with Crippen molar-refractivity contribution in [3.8, 4) is 0 Å². The van der Waals surface area contributed by atoms with E-state index in [1.165, 1.54) is 32.1 Å². The number of aromatic nitrogens is 2. The highest BCUT2D eigenvalue weighted by Crippen LogP contribution is 2.31. The maximum atomic E-state index is 12.8. The van der Waals surface area contributed by atoms with Gasteiger partial charge in [0.05, 0.1) is 17.8 Å². The minimum absolute atomic E-state index is 0.0628. The summed E-state index contributed by atoms with van der Waals surface area (Å²) in [5.41, 5.74) is 1.92. The summed E-state index contributed by atoms with van der Waals surface area (Å²) in [6.07, 6.45) is 9.44. The van der Waals surface area contributed by atoms with Crippen molar-refractivity contribution in [1.29, 1.82) is 0 Å². The molecule has 2 fully saturated rings. The van der Waals surface area contributed by atoms with Crippen molar-refractivity contribution in [2.75, 3.05) is 24.5 Å². The van der Waals surface area contributed by atoms with E-state index in [9.17, 15) is 4.79 Å². The van der Waals surface area contributed by atoms with Gasteiger partial charge in [-0.15, -0.1) is 0 Å². The Morgan fingerprint density at radius 2 is 1.90 bits per heavy atom. The Kier molecular flexibility index (Phi) is 5.68. The summed E-state index contributed by atoms with van der Waals surface area (Å²) in [6.45, 7) is 6.80. The van der Waals surface area contributed by atoms with Gasteiger partial charge in [-0.05, 0) is 37.7 Å². The monoisotopic (exact) mass is 410 g/mol. The number of H-pyrrole nitrogens is 1. The first kappa shape index (κ1) is 19.9. The third-order valence-corrected chi connectivity index (χ3v) is 7.28. The second-order valence-corrected chi connectivity index (χ2v) is 9.58. The zero-order valence-corrected chi connectivity index (χ0v) is 18.2. The lowest BCUT2D eigenvalue weighted by atomic mass is 9.88. The minimum atomic E-state index is 0.0628. The molecule has 0 radical (unpaired) electrons. The molecule has 0 atom stereocenters. The van der Waals surface area contributed by atoms with Crippen LogP contribution in [0.2, 0.25) is 0 Å². The molecule has 0 amide bonds. The van der Waals surface area contributed by atoms with E-state index in [4.69, 9.17) is 9.40 Å². The quantitative estimate of drug-likeness (QED) is 0.818. The summed E-state index contributed by atoms with van der Waals surface area (Å²) >= 11 is 0. The van der Waals surface area contributed by atoms with Gasteiger partial charge >= 0.3 is 0 Å². The summed E-state index contributed by atoms with van der Waals surface area (Å²) in [6, 6.07) is 4.20. The van der Waals surface area contributed by atoms with Gasteiger partial charge in [-0.2, -0.15) is 0 Å². The highest BCUT2D eigenvalue weighted by atomic mass is 16.4. The molecular weight excluding hydrogens is 376 g/mol. The average Bonchev–Trinajstić information content (AvgIpc) is 3.23. The van der Waals surface area contributed by atoms with Crippen molar-refractivity contribution in [2.45, 2.75) is 77.3 Å². The zero-order chi connectivity index (χ0) is 20.5. The Balaban J connectivity index is 1.24. The van der Waals surface area contributed by atoms with Crippen LogP contribution in [0.3, 0.4) is 0 Å². The number of fused-ring (bicyclic) bond motifs is 1. The zero-order valence-electron chi connectivity index (χ0n) is 18.2. The number of nitrogens with one attached hydrogen (secondary N) is 1. The highest BCUT2D eigenvalue weighted by molar-refractivity contribution is 5.37. The van der Waals surface area contributed by atoms with Gasteiger partial charge in [0.2, 0.25) is 0 Å². The van der Waals surface area contributed by atoms with Crippen molar-refractivity contribution in [1.82, 2.24) is 14.9 Å². The van der Waals surface area contributed by atoms with Crippen molar-refractivity contribution in [3.63, 3.8) is 0 Å². The molecule has 1 N–H and O–H groups in total. The van der Waals surface area contributed by atoms with Crippen LogP contribution in [0.1, 0.15) is 80.6 Å². The third-order valence-electron chi connectivity index (χ3n) is 7.28. The lowest BCUT2D eigenvalue weighted by Gasteiger charge is -2.30. The largest absolute Gasteiger partial charge is 0.444 e. The van der Waals surface area contributed by atoms with Gasteiger partial charge in [0.1, 0.15) is 11.6 Å². The topological polar surface area (TPSA) is 65.4 Å². The van der Waals surface area contributed by atoms with Crippen LogP contribution in [0.15, 0.2) is 21.3 Å². The van der Waals surface area contributed by atoms with E-state index >= 15 is 0 Å². The second-order valence-electron chi connectivity index (χ2n) is 9.58. The van der Waals surface area contributed by atoms with Crippen LogP contribution in [-0.2, 0) is 19.5 Å². The molecule has 6 nitrogen and oxygen atoms in total. The van der Waals surface area contributed by atoms with E-state index < -0.39 is 0 Å². The second kappa shape index (κ2) is 8.58. The predicted octanol–water partition coefficient (Wildman–Crippen LogP) is 4.21. The number of aromatic amines is 1. The van der Waals surface area contributed by atoms with Crippen LogP contribution < -0.4 is 10.5 Å². The lowest BCUT2D eigenvalue weighted by Crippen LogP contribution is -2.36. The van der Waals surface area contributed by atoms with E-state index in [1.807, 2.05) is 0 Å². The number of furan rings is 1. The fourth-order valence-electron chi connectivity index (χ4n) is 5.28. The molecule has 2 aliphatic heterocycles. The highest BCUT2D eigenvalue weighted by Gasteiger charge is 2.25. The van der Waals surface area contributed by atoms with Crippen molar-refractivity contribution < 1.29 is 4.42 Å². The van der Waals surface area contributed by atoms with Crippen molar-refractivity contribution in [2.24, 2.45) is 5.92 Å². The first-order valence-electron chi connectivity index (χ1n) is 11.8. The molecular formula is C24H34N4O2. The van der Waals surface area contributed by atoms with Crippen LogP contribution >= 0.6 is 0 Å². The molecule has 2 aromatic heterocycles. The van der Waals surface area contributed by atoms with Gasteiger partial charge in [0.15, 0.2) is 5.88 Å². The fraction of sp³-hybridized carbons (Fsp3) is 0.667. The number of piperidine rings is 1. The molecule has 0 unspecified atom stereocenters. The Labute approximate surface area is 178 Å². The van der Waals surface area contributed by atoms with Gasteiger partial charge in [-0.1, -0.05) is 26.2 Å². The Hall–Kier alpha value is -2.08. The number of nitrogens with zero attached hydrogens (tertiary/aromatic N) is 3. The maximum Gasteiger partial charge on any atom is 0.255 e. The molecule has 162 valence electrons. The van der Waals surface area contributed by atoms with Crippen LogP contribution in [0, 0.1) is 5.92 Å². The first-order valence-corrected chi connectivity index (χ1v) is 11.8. The van der Waals surface area contributed by atoms with Gasteiger partial charge in [0, 0.05) is 44.6 Å². The molecule has 1 saturated carbocycles. The van der Waals surface area contributed by atoms with E-state index in [0.717, 1.165) is 80.1 Å². The Morgan fingerprint density at radius 3 is 2.70 bits per heavy atom. The number of anilines is 1. The van der Waals surface area contributed by atoms with E-state index in [0.29, 0.717) is 12.5 Å². The summed E-state index contributed by atoms with van der Waals surface area (Å²) in [7, 11) is 0. The Morgan fingerprint density at radius 1 is 1.10 bits per heavy atom. The van der Waals surface area contributed by atoms with Gasteiger partial charge < -0.3 is 14.3 Å². The van der Waals surface area contributed by atoms with E-state index in [1.54, 1.807) is 0 Å². The van der Waals surface area contributed by atoms with Crippen LogP contribution in [0.25, 0.3) is 0 Å². The molecule has 30 heavy (non-hydrogen) atoms. The summed E-state index contributed by atoms with van der Waals surface area (Å²) < 4.78 is 6.16. The third kappa shape index (κ3) is 4.20. The molecule has 1 aliphatic carbocycles. The van der Waals surface area contributed by atoms with Crippen LogP contribution in [-0.4, -0.2) is 34.5 Å². The fourth-order valence-corrected chi connectivity index (χ4v) is 5.28. The van der Waals surface area contributed by atoms with Crippen LogP contribution in [0.5, 0.6) is 0 Å². The normalized spacial score (nSPS) is 21.7. The number of hydrogen-bond donors (Lipinski definition) is 1. The van der Waals surface area contributed by atoms with Gasteiger partial charge in [0.25, 0.3) is 5.56 Å². The molecule has 6 heteroatoms. The standard InChI is InChI=1S/C24H34N4O2/c1-17-9-13-28(14-10-17)22-8-7-19(30-22)15-27-12-11-21-20(16-27)24(29)26-23(25-21)18-5-3-2-4-6-18/h7-8,17-18H,2-6,9-16H2,1H3,(H,25,26,29). The molecule has 1 saturated heterocycles. The first-order chi connectivity index (χ1) is 14.7. The summed E-state index contributed by atoms with van der Waals surface area (Å²) in [4.78, 5) is 25.5. The van der Waals surface area contributed by atoms with E-state index in [-0.39, 0.29) is 5.56 Å². The SMILES string of the molecule is CC1CCN(c2ccc(CN3CCc4nc(C5CCCCC5)[nH]c(=O)c4C3)o2)CC1. The molecule has 3 aliphatic rings. The summed E-state index contributed by atoms with van der Waals surface area (Å²) in [5, 5.41) is 0. The molecule has 5 rings (SSSR count). The lowest BCUT2D eigenvalue weighted by molar-refractivity contribution is 0.222. The van der Waals surface area contributed by atoms with Gasteiger partial charge in [-0.3, -0.25) is 9.69 Å². The number of hydrogen-bond acceptors (Lipinski definition) is 5. The molecule has 2 aromatic rings. The molecule has 0 spiro atoms. The van der Waals surface area contributed by atoms with E-state index in [2.05, 4.69) is 33.8 Å². The van der Waals surface area contributed by atoms with Crippen molar-refractivity contribution in [3.05, 3.63) is 45.3 Å². The summed E-state index contributed by atoms with van der Waals surface area (Å²) in [5.74, 6) is 4.16. The minimum Gasteiger partial charge on any atom is -0.444 e. The number of rotatable bonds is 4. The smallest absolute Gasteiger partial charge is 0.255 e. The maximum absolute atomic E-state index is 12.8. The molecule has 0 aromatic carbocycles. The van der Waals surface area contributed by atoms with Crippen LogP contribution in [0.4, 0.5) is 5.88 Å². The van der Waals surface area contributed by atoms with Gasteiger partial charge in [-0.25, -0.2) is 4.98 Å². The molecule has 0 bridgehead atoms. The molecule has 4 heterocycles. The predicted molar refractivity (Wildman–Crippen MR) is 118 cm³/mol. The Bertz CT molecular complexity index is 920.